The number of carbonyl (C=O) groups excluding carboxylic acids is 2. The molecule has 0 aliphatic rings. The second kappa shape index (κ2) is 8.09. The van der Waals surface area contributed by atoms with E-state index in [0.29, 0.717) is 13.0 Å². The topological polar surface area (TPSA) is 52.6 Å². The van der Waals surface area contributed by atoms with Crippen molar-refractivity contribution in [3.63, 3.8) is 0 Å². The number of rotatable bonds is 7. The summed E-state index contributed by atoms with van der Waals surface area (Å²) in [5, 5.41) is 0. The second-order valence-corrected chi connectivity index (χ2v) is 4.96. The molecule has 0 radical (unpaired) electrons. The number of carbonyl (C=O) groups is 2. The lowest BCUT2D eigenvalue weighted by Gasteiger charge is -2.17. The monoisotopic (exact) mass is 244 g/mol. The van der Waals surface area contributed by atoms with Crippen molar-refractivity contribution in [2.45, 2.75) is 41.0 Å². The Labute approximate surface area is 104 Å². The summed E-state index contributed by atoms with van der Waals surface area (Å²) in [5.74, 6) is -1.22. The van der Waals surface area contributed by atoms with E-state index in [1.807, 2.05) is 27.7 Å². The number of hydrogen-bond donors (Lipinski definition) is 0. The van der Waals surface area contributed by atoms with Gasteiger partial charge in [-0.25, -0.2) is 0 Å². The lowest BCUT2D eigenvalue weighted by atomic mass is 9.97. The number of esters is 2. The van der Waals surface area contributed by atoms with Gasteiger partial charge in [0.15, 0.2) is 5.92 Å². The van der Waals surface area contributed by atoms with Crippen LogP contribution in [0.1, 0.15) is 41.0 Å². The first-order valence-electron chi connectivity index (χ1n) is 6.21. The molecule has 0 spiro atoms. The van der Waals surface area contributed by atoms with Crippen molar-refractivity contribution in [1.82, 2.24) is 0 Å². The van der Waals surface area contributed by atoms with Crippen LogP contribution in [0.5, 0.6) is 0 Å². The molecular formula is C13H24O4. The Kier molecular flexibility index (Phi) is 7.59. The molecule has 0 aromatic carbocycles. The fourth-order valence-electron chi connectivity index (χ4n) is 1.35. The molecule has 0 aliphatic heterocycles. The maximum absolute atomic E-state index is 11.8. The molecule has 0 amide bonds. The van der Waals surface area contributed by atoms with E-state index in [-0.39, 0.29) is 18.4 Å². The van der Waals surface area contributed by atoms with Crippen molar-refractivity contribution in [2.24, 2.45) is 17.8 Å². The fourth-order valence-corrected chi connectivity index (χ4v) is 1.35. The molecule has 0 heterocycles. The summed E-state index contributed by atoms with van der Waals surface area (Å²) in [6, 6.07) is 0. The Hall–Kier alpha value is -1.06. The first-order chi connectivity index (χ1) is 7.88. The van der Waals surface area contributed by atoms with Crippen LogP contribution in [0.2, 0.25) is 0 Å². The zero-order chi connectivity index (χ0) is 13.4. The van der Waals surface area contributed by atoms with Gasteiger partial charge in [0, 0.05) is 0 Å². The molecule has 100 valence electrons. The van der Waals surface area contributed by atoms with Gasteiger partial charge in [-0.2, -0.15) is 0 Å². The number of ether oxygens (including phenoxy) is 2. The summed E-state index contributed by atoms with van der Waals surface area (Å²) in [4.78, 5) is 23.4. The largest absolute Gasteiger partial charge is 0.465 e. The van der Waals surface area contributed by atoms with Crippen molar-refractivity contribution < 1.29 is 19.1 Å². The van der Waals surface area contributed by atoms with Crippen LogP contribution in [-0.2, 0) is 19.1 Å². The minimum atomic E-state index is -0.784. The summed E-state index contributed by atoms with van der Waals surface area (Å²) in [7, 11) is 0. The Morgan fingerprint density at radius 3 is 1.88 bits per heavy atom. The van der Waals surface area contributed by atoms with Crippen LogP contribution in [0, 0.1) is 17.8 Å². The lowest BCUT2D eigenvalue weighted by molar-refractivity contribution is -0.163. The average Bonchev–Trinajstić information content (AvgIpc) is 2.22. The molecule has 0 aliphatic carbocycles. The average molecular weight is 244 g/mol. The summed E-state index contributed by atoms with van der Waals surface area (Å²) in [6.07, 6.45) is 0.468. The van der Waals surface area contributed by atoms with Gasteiger partial charge >= 0.3 is 11.9 Å². The van der Waals surface area contributed by atoms with E-state index in [4.69, 9.17) is 9.47 Å². The van der Waals surface area contributed by atoms with E-state index in [2.05, 4.69) is 0 Å². The molecule has 0 rings (SSSR count). The SMILES string of the molecule is CCOC(=O)C(CC(C)C)C(=O)OCC(C)C. The smallest absolute Gasteiger partial charge is 0.320 e. The molecule has 4 nitrogen and oxygen atoms in total. The molecule has 1 atom stereocenters. The molecule has 0 N–H and O–H groups in total. The van der Waals surface area contributed by atoms with Crippen LogP contribution in [0.4, 0.5) is 0 Å². The van der Waals surface area contributed by atoms with E-state index in [0.717, 1.165) is 0 Å². The van der Waals surface area contributed by atoms with Gasteiger partial charge < -0.3 is 9.47 Å². The van der Waals surface area contributed by atoms with E-state index in [1.165, 1.54) is 0 Å². The maximum atomic E-state index is 11.8. The summed E-state index contributed by atoms with van der Waals surface area (Å²) < 4.78 is 9.99. The molecular weight excluding hydrogens is 220 g/mol. The highest BCUT2D eigenvalue weighted by Crippen LogP contribution is 2.16. The predicted octanol–water partition coefficient (Wildman–Crippen LogP) is 2.41. The van der Waals surface area contributed by atoms with Crippen molar-refractivity contribution in [3.05, 3.63) is 0 Å². The Morgan fingerprint density at radius 1 is 0.941 bits per heavy atom. The maximum Gasteiger partial charge on any atom is 0.320 e. The molecule has 0 fully saturated rings. The normalized spacial score (nSPS) is 12.6. The van der Waals surface area contributed by atoms with Crippen LogP contribution < -0.4 is 0 Å². The molecule has 0 saturated carbocycles. The van der Waals surface area contributed by atoms with Crippen LogP contribution >= 0.6 is 0 Å². The van der Waals surface area contributed by atoms with E-state index in [1.54, 1.807) is 6.92 Å². The van der Waals surface area contributed by atoms with Gasteiger partial charge in [0.2, 0.25) is 0 Å². The van der Waals surface area contributed by atoms with Gasteiger partial charge in [0.25, 0.3) is 0 Å². The molecule has 0 aromatic rings. The van der Waals surface area contributed by atoms with Crippen molar-refractivity contribution in [3.8, 4) is 0 Å². The van der Waals surface area contributed by atoms with Gasteiger partial charge in [-0.3, -0.25) is 9.59 Å². The zero-order valence-electron chi connectivity index (χ0n) is 11.5. The van der Waals surface area contributed by atoms with Gasteiger partial charge in [0.1, 0.15) is 0 Å². The van der Waals surface area contributed by atoms with E-state index in [9.17, 15) is 9.59 Å². The van der Waals surface area contributed by atoms with Crippen LogP contribution in [-0.4, -0.2) is 25.2 Å². The Bertz CT molecular complexity index is 246. The molecule has 17 heavy (non-hydrogen) atoms. The van der Waals surface area contributed by atoms with Crippen molar-refractivity contribution in [1.29, 1.82) is 0 Å². The first-order valence-corrected chi connectivity index (χ1v) is 6.21. The zero-order valence-corrected chi connectivity index (χ0v) is 11.5. The van der Waals surface area contributed by atoms with Gasteiger partial charge in [-0.1, -0.05) is 27.7 Å². The highest BCUT2D eigenvalue weighted by Gasteiger charge is 2.30. The van der Waals surface area contributed by atoms with Gasteiger partial charge in [-0.15, -0.1) is 0 Å². The van der Waals surface area contributed by atoms with Crippen molar-refractivity contribution >= 4 is 11.9 Å². The summed E-state index contributed by atoms with van der Waals surface area (Å²) >= 11 is 0. The predicted molar refractivity (Wildman–Crippen MR) is 65.4 cm³/mol. The summed E-state index contributed by atoms with van der Waals surface area (Å²) in [5.41, 5.74) is 0. The van der Waals surface area contributed by atoms with E-state index >= 15 is 0 Å². The third-order valence-corrected chi connectivity index (χ3v) is 2.12. The van der Waals surface area contributed by atoms with Crippen LogP contribution in [0.15, 0.2) is 0 Å². The van der Waals surface area contributed by atoms with Crippen molar-refractivity contribution in [2.75, 3.05) is 13.2 Å². The third-order valence-electron chi connectivity index (χ3n) is 2.12. The number of hydrogen-bond acceptors (Lipinski definition) is 4. The summed E-state index contributed by atoms with van der Waals surface area (Å²) in [6.45, 7) is 10.2. The Morgan fingerprint density at radius 2 is 1.47 bits per heavy atom. The van der Waals surface area contributed by atoms with E-state index < -0.39 is 17.9 Å². The highest BCUT2D eigenvalue weighted by atomic mass is 16.6. The van der Waals surface area contributed by atoms with Gasteiger partial charge in [0.05, 0.1) is 13.2 Å². The molecule has 1 unspecified atom stereocenters. The standard InChI is InChI=1S/C13H24O4/c1-6-16-12(14)11(7-9(2)3)13(15)17-8-10(4)5/h9-11H,6-8H2,1-5H3. The molecule has 0 aromatic heterocycles. The minimum absolute atomic E-state index is 0.246. The minimum Gasteiger partial charge on any atom is -0.465 e. The second-order valence-electron chi connectivity index (χ2n) is 4.96. The van der Waals surface area contributed by atoms with Gasteiger partial charge in [-0.05, 0) is 25.2 Å². The highest BCUT2D eigenvalue weighted by molar-refractivity contribution is 5.94. The fraction of sp³-hybridized carbons (Fsp3) is 0.846. The molecule has 0 saturated heterocycles. The molecule has 4 heteroatoms. The molecule has 0 bridgehead atoms. The van der Waals surface area contributed by atoms with Crippen LogP contribution in [0.3, 0.4) is 0 Å². The quantitative estimate of drug-likeness (QED) is 0.510. The Balaban J connectivity index is 4.44. The third kappa shape index (κ3) is 6.97. The first kappa shape index (κ1) is 15.9. The van der Waals surface area contributed by atoms with Crippen LogP contribution in [0.25, 0.3) is 0 Å². The lowest BCUT2D eigenvalue weighted by Crippen LogP contribution is -2.30.